The predicted molar refractivity (Wildman–Crippen MR) is 31.7 cm³/mol. The molecule has 0 atom stereocenters. The molecule has 0 aliphatic carbocycles. The number of carbonyl (C=O) groups is 1. The van der Waals surface area contributed by atoms with Gasteiger partial charge in [-0.3, -0.25) is 4.79 Å². The lowest BCUT2D eigenvalue weighted by Gasteiger charge is -2.02. The number of aliphatic imine (C=N–C) groups is 1. The number of amides is 1. The molecule has 0 radical (unpaired) electrons. The zero-order chi connectivity index (χ0) is 6.69. The highest BCUT2D eigenvalue weighted by molar-refractivity contribution is 6.34. The molecule has 9 heavy (non-hydrogen) atoms. The van der Waals surface area contributed by atoms with Gasteiger partial charge in [-0.25, -0.2) is 4.99 Å². The molecule has 0 aromatic heterocycles. The third-order valence-electron chi connectivity index (χ3n) is 0.827. The fourth-order valence-electron chi connectivity index (χ4n) is 0.464. The van der Waals surface area contributed by atoms with Crippen LogP contribution in [0.25, 0.3) is 0 Å². The molecule has 1 heterocycles. The maximum absolute atomic E-state index is 10.3. The Labute approximate surface area is 52.0 Å². The number of rotatable bonds is 1. The van der Waals surface area contributed by atoms with Crippen LogP contribution in [-0.2, 0) is 9.53 Å². The quantitative estimate of drug-likeness (QED) is 0.510. The fourth-order valence-corrected chi connectivity index (χ4v) is 0.464. The second kappa shape index (κ2) is 2.30. The zero-order valence-electron chi connectivity index (χ0n) is 4.70. The van der Waals surface area contributed by atoms with Gasteiger partial charge >= 0.3 is 5.91 Å². The molecule has 0 aromatic carbocycles. The van der Waals surface area contributed by atoms with Crippen LogP contribution in [0.3, 0.4) is 0 Å². The number of carbonyl (C=O) groups excluding carboxylic acids is 1. The fraction of sp³-hybridized carbons (Fsp3) is 0.200. The Morgan fingerprint density at radius 3 is 3.00 bits per heavy atom. The summed E-state index contributed by atoms with van der Waals surface area (Å²) in [6.45, 7) is 0.471. The van der Waals surface area contributed by atoms with E-state index in [9.17, 15) is 4.79 Å². The zero-order valence-corrected chi connectivity index (χ0v) is 4.70. The average Bonchev–Trinajstić information content (AvgIpc) is 1.90. The van der Waals surface area contributed by atoms with Crippen molar-refractivity contribution in [3.63, 3.8) is 0 Å². The molecule has 1 aliphatic heterocycles. The van der Waals surface area contributed by atoms with Crippen LogP contribution in [0.4, 0.5) is 0 Å². The SMILES string of the molecule is NC(=O)C1=NCC=CO1. The second-order valence-electron chi connectivity index (χ2n) is 1.50. The summed E-state index contributed by atoms with van der Waals surface area (Å²) in [5.74, 6) is -0.642. The van der Waals surface area contributed by atoms with E-state index < -0.39 is 5.91 Å². The first-order valence-corrected chi connectivity index (χ1v) is 2.46. The summed E-state index contributed by atoms with van der Waals surface area (Å²) < 4.78 is 4.63. The molecule has 2 N–H and O–H groups in total. The van der Waals surface area contributed by atoms with Crippen LogP contribution in [0, 0.1) is 0 Å². The third-order valence-corrected chi connectivity index (χ3v) is 0.827. The van der Waals surface area contributed by atoms with E-state index >= 15 is 0 Å². The topological polar surface area (TPSA) is 64.7 Å². The molecule has 0 bridgehead atoms. The van der Waals surface area contributed by atoms with Gasteiger partial charge in [-0.05, 0) is 6.08 Å². The van der Waals surface area contributed by atoms with Crippen molar-refractivity contribution in [3.8, 4) is 0 Å². The predicted octanol–water partition coefficient (Wildman–Crippen LogP) is -0.586. The number of ether oxygens (including phenoxy) is 1. The smallest absolute Gasteiger partial charge is 0.304 e. The molecule has 0 unspecified atom stereocenters. The lowest BCUT2D eigenvalue weighted by Crippen LogP contribution is -2.25. The van der Waals surface area contributed by atoms with Gasteiger partial charge in [0.2, 0.25) is 0 Å². The molecule has 4 nitrogen and oxygen atoms in total. The molecule has 1 rings (SSSR count). The van der Waals surface area contributed by atoms with Gasteiger partial charge in [0.15, 0.2) is 0 Å². The third kappa shape index (κ3) is 1.28. The Hall–Kier alpha value is -1.32. The summed E-state index contributed by atoms with van der Waals surface area (Å²) in [4.78, 5) is 13.9. The van der Waals surface area contributed by atoms with Crippen molar-refractivity contribution in [2.75, 3.05) is 6.54 Å². The van der Waals surface area contributed by atoms with E-state index in [1.807, 2.05) is 0 Å². The molecule has 0 spiro atoms. The Bertz CT molecular complexity index is 183. The number of hydrogen-bond donors (Lipinski definition) is 1. The summed E-state index contributed by atoms with van der Waals surface area (Å²) in [5, 5.41) is 0. The maximum atomic E-state index is 10.3. The van der Waals surface area contributed by atoms with Gasteiger partial charge in [0.25, 0.3) is 5.90 Å². The van der Waals surface area contributed by atoms with Gasteiger partial charge in [-0.15, -0.1) is 0 Å². The van der Waals surface area contributed by atoms with E-state index in [1.54, 1.807) is 6.08 Å². The van der Waals surface area contributed by atoms with Crippen LogP contribution < -0.4 is 5.73 Å². The van der Waals surface area contributed by atoms with Crippen LogP contribution in [0.15, 0.2) is 17.3 Å². The van der Waals surface area contributed by atoms with Crippen molar-refractivity contribution in [2.45, 2.75) is 0 Å². The van der Waals surface area contributed by atoms with E-state index in [-0.39, 0.29) is 5.90 Å². The monoisotopic (exact) mass is 126 g/mol. The van der Waals surface area contributed by atoms with Gasteiger partial charge in [-0.2, -0.15) is 0 Å². The average molecular weight is 126 g/mol. The van der Waals surface area contributed by atoms with Crippen molar-refractivity contribution >= 4 is 11.8 Å². The van der Waals surface area contributed by atoms with Crippen molar-refractivity contribution < 1.29 is 9.53 Å². The van der Waals surface area contributed by atoms with Crippen LogP contribution in [0.2, 0.25) is 0 Å². The molecule has 0 fully saturated rings. The van der Waals surface area contributed by atoms with Gasteiger partial charge in [0.1, 0.15) is 0 Å². The lowest BCUT2D eigenvalue weighted by atomic mass is 10.5. The van der Waals surface area contributed by atoms with Crippen molar-refractivity contribution in [1.82, 2.24) is 0 Å². The first-order valence-electron chi connectivity index (χ1n) is 2.46. The minimum Gasteiger partial charge on any atom is -0.443 e. The number of nitrogens with two attached hydrogens (primary N) is 1. The molecular weight excluding hydrogens is 120 g/mol. The summed E-state index contributed by atoms with van der Waals surface area (Å²) in [6.07, 6.45) is 3.08. The Morgan fingerprint density at radius 2 is 2.67 bits per heavy atom. The molecule has 4 heteroatoms. The summed E-state index contributed by atoms with van der Waals surface area (Å²) in [7, 11) is 0. The summed E-state index contributed by atoms with van der Waals surface area (Å²) in [5.41, 5.74) is 4.84. The highest BCUT2D eigenvalue weighted by Gasteiger charge is 2.07. The van der Waals surface area contributed by atoms with E-state index in [4.69, 9.17) is 5.73 Å². The van der Waals surface area contributed by atoms with Crippen molar-refractivity contribution in [3.05, 3.63) is 12.3 Å². The Balaban J connectivity index is 2.61. The van der Waals surface area contributed by atoms with Crippen LogP contribution in [0.1, 0.15) is 0 Å². The minimum absolute atomic E-state index is 0.0162. The van der Waals surface area contributed by atoms with E-state index in [2.05, 4.69) is 9.73 Å². The molecular formula is C5H6N2O2. The molecule has 1 aliphatic rings. The normalized spacial score (nSPS) is 16.2. The second-order valence-corrected chi connectivity index (χ2v) is 1.50. The first-order chi connectivity index (χ1) is 4.30. The van der Waals surface area contributed by atoms with Crippen LogP contribution in [-0.4, -0.2) is 18.3 Å². The standard InChI is InChI=1S/C5H6N2O2/c6-4(8)5-7-2-1-3-9-5/h1,3H,2H2,(H2,6,8). The summed E-state index contributed by atoms with van der Waals surface area (Å²) >= 11 is 0. The molecule has 0 saturated carbocycles. The first kappa shape index (κ1) is 5.81. The Morgan fingerprint density at radius 1 is 1.89 bits per heavy atom. The highest BCUT2D eigenvalue weighted by Crippen LogP contribution is 1.91. The largest absolute Gasteiger partial charge is 0.443 e. The minimum atomic E-state index is -0.626. The number of nitrogens with zero attached hydrogens (tertiary/aromatic N) is 1. The molecule has 48 valence electrons. The van der Waals surface area contributed by atoms with Gasteiger partial charge < -0.3 is 10.5 Å². The van der Waals surface area contributed by atoms with Crippen molar-refractivity contribution in [2.24, 2.45) is 10.7 Å². The number of hydrogen-bond acceptors (Lipinski definition) is 3. The molecule has 0 aromatic rings. The van der Waals surface area contributed by atoms with Gasteiger partial charge in [0.05, 0.1) is 12.8 Å². The summed E-state index contributed by atoms with van der Waals surface area (Å²) in [6, 6.07) is 0. The lowest BCUT2D eigenvalue weighted by molar-refractivity contribution is -0.113. The van der Waals surface area contributed by atoms with Gasteiger partial charge in [-0.1, -0.05) is 0 Å². The van der Waals surface area contributed by atoms with Crippen LogP contribution >= 0.6 is 0 Å². The van der Waals surface area contributed by atoms with Crippen LogP contribution in [0.5, 0.6) is 0 Å². The van der Waals surface area contributed by atoms with E-state index in [1.165, 1.54) is 6.26 Å². The van der Waals surface area contributed by atoms with E-state index in [0.29, 0.717) is 6.54 Å². The van der Waals surface area contributed by atoms with E-state index in [0.717, 1.165) is 0 Å². The maximum Gasteiger partial charge on any atom is 0.304 e. The Kier molecular flexibility index (Phi) is 1.48. The van der Waals surface area contributed by atoms with Gasteiger partial charge in [0, 0.05) is 0 Å². The number of primary amides is 1. The molecule has 1 amide bonds. The molecule has 0 saturated heterocycles. The highest BCUT2D eigenvalue weighted by atomic mass is 16.5. The van der Waals surface area contributed by atoms with Crippen molar-refractivity contribution in [1.29, 1.82) is 0 Å².